The number of carbonyl (C=O) groups is 3. The smallest absolute Gasteiger partial charge is 0.343 e. The van der Waals surface area contributed by atoms with Crippen molar-refractivity contribution in [3.8, 4) is 17.2 Å². The highest BCUT2D eigenvalue weighted by Crippen LogP contribution is 2.28. The van der Waals surface area contributed by atoms with E-state index in [-0.39, 0.29) is 5.75 Å². The highest BCUT2D eigenvalue weighted by Gasteiger charge is 2.14. The minimum atomic E-state index is -0.920. The van der Waals surface area contributed by atoms with Gasteiger partial charge in [0.2, 0.25) is 0 Å². The van der Waals surface area contributed by atoms with Crippen LogP contribution in [0.25, 0.3) is 0 Å². The second-order valence-corrected chi connectivity index (χ2v) is 8.05. The summed E-state index contributed by atoms with van der Waals surface area (Å²) >= 11 is 0. The van der Waals surface area contributed by atoms with E-state index in [4.69, 9.17) is 14.2 Å². The maximum atomic E-state index is 12.6. The lowest BCUT2D eigenvalue weighted by Gasteiger charge is -2.10. The summed E-state index contributed by atoms with van der Waals surface area (Å²) in [6, 6.07) is 18.5. The van der Waals surface area contributed by atoms with Crippen molar-refractivity contribution >= 4 is 29.7 Å². The van der Waals surface area contributed by atoms with Gasteiger partial charge in [-0.05, 0) is 73.5 Å². The molecule has 0 spiro atoms. The summed E-state index contributed by atoms with van der Waals surface area (Å²) in [4.78, 5) is 36.6. The normalized spacial score (nSPS) is 10.6. The van der Waals surface area contributed by atoms with Crippen LogP contribution in [-0.4, -0.2) is 37.7 Å². The number of carbonyl (C=O) groups excluding carboxylic acids is 3. The molecule has 0 radical (unpaired) electrons. The zero-order chi connectivity index (χ0) is 26.6. The topological polar surface area (TPSA) is 115 Å². The molecular formula is C28H29N3O6. The van der Waals surface area contributed by atoms with Crippen LogP contribution in [0.5, 0.6) is 17.2 Å². The molecule has 0 aliphatic rings. The molecule has 0 aromatic heterocycles. The van der Waals surface area contributed by atoms with E-state index in [9.17, 15) is 14.4 Å². The van der Waals surface area contributed by atoms with Crippen molar-refractivity contribution in [3.05, 3.63) is 83.4 Å². The lowest BCUT2D eigenvalue weighted by atomic mass is 10.2. The number of hydrogen-bond acceptors (Lipinski definition) is 7. The van der Waals surface area contributed by atoms with Crippen molar-refractivity contribution < 1.29 is 28.6 Å². The molecule has 9 heteroatoms. The third kappa shape index (κ3) is 8.21. The Morgan fingerprint density at radius 2 is 1.65 bits per heavy atom. The average Bonchev–Trinajstić information content (AvgIpc) is 2.91. The molecule has 0 atom stereocenters. The first-order valence-corrected chi connectivity index (χ1v) is 11.7. The fraction of sp³-hybridized carbons (Fsp3) is 0.214. The third-order valence-electron chi connectivity index (χ3n) is 5.14. The number of hydrazone groups is 1. The van der Waals surface area contributed by atoms with Gasteiger partial charge in [0.15, 0.2) is 11.5 Å². The Balaban J connectivity index is 1.56. The Morgan fingerprint density at radius 3 is 2.32 bits per heavy atom. The van der Waals surface area contributed by atoms with Crippen LogP contribution in [-0.2, 0) is 9.59 Å². The summed E-state index contributed by atoms with van der Waals surface area (Å²) in [7, 11) is 1.44. The lowest BCUT2D eigenvalue weighted by Crippen LogP contribution is -2.32. The molecule has 3 rings (SSSR count). The van der Waals surface area contributed by atoms with Gasteiger partial charge in [0.25, 0.3) is 0 Å². The van der Waals surface area contributed by atoms with Crippen LogP contribution >= 0.6 is 0 Å². The van der Waals surface area contributed by atoms with Crippen LogP contribution < -0.4 is 25.0 Å². The minimum Gasteiger partial charge on any atom is -0.494 e. The number of unbranched alkanes of at least 4 members (excludes halogenated alkanes) is 1. The first kappa shape index (κ1) is 26.9. The molecular weight excluding hydrogens is 474 g/mol. The molecule has 2 N–H and O–H groups in total. The van der Waals surface area contributed by atoms with E-state index in [2.05, 4.69) is 22.8 Å². The van der Waals surface area contributed by atoms with Crippen molar-refractivity contribution in [2.24, 2.45) is 5.10 Å². The Morgan fingerprint density at radius 1 is 0.919 bits per heavy atom. The molecule has 0 saturated carbocycles. The van der Waals surface area contributed by atoms with Gasteiger partial charge in [-0.1, -0.05) is 31.0 Å². The van der Waals surface area contributed by atoms with Gasteiger partial charge >= 0.3 is 17.8 Å². The quantitative estimate of drug-likeness (QED) is 0.105. The fourth-order valence-electron chi connectivity index (χ4n) is 3.07. The molecule has 0 bridgehead atoms. The number of methoxy groups -OCH3 is 1. The van der Waals surface area contributed by atoms with Crippen molar-refractivity contribution in [1.82, 2.24) is 5.43 Å². The minimum absolute atomic E-state index is 0.217. The fourth-order valence-corrected chi connectivity index (χ4v) is 3.07. The SMILES string of the molecule is CCCCOc1ccc(C(=O)Oc2ccc(/C=N\NC(=O)C(=O)Nc3ccc(C)cc3)cc2OC)cc1. The van der Waals surface area contributed by atoms with Gasteiger partial charge in [0.1, 0.15) is 5.75 Å². The van der Waals surface area contributed by atoms with E-state index >= 15 is 0 Å². The number of ether oxygens (including phenoxy) is 3. The van der Waals surface area contributed by atoms with Gasteiger partial charge in [0.05, 0.1) is 25.5 Å². The van der Waals surface area contributed by atoms with Crippen molar-refractivity contribution in [2.75, 3.05) is 19.0 Å². The average molecular weight is 504 g/mol. The van der Waals surface area contributed by atoms with E-state index in [1.54, 1.807) is 54.6 Å². The van der Waals surface area contributed by atoms with E-state index in [0.29, 0.717) is 34.9 Å². The molecule has 2 amide bonds. The third-order valence-corrected chi connectivity index (χ3v) is 5.14. The number of rotatable bonds is 10. The summed E-state index contributed by atoms with van der Waals surface area (Å²) < 4.78 is 16.4. The first-order valence-electron chi connectivity index (χ1n) is 11.7. The van der Waals surface area contributed by atoms with Gasteiger partial charge in [0, 0.05) is 5.69 Å². The molecule has 3 aromatic rings. The van der Waals surface area contributed by atoms with Crippen molar-refractivity contribution in [2.45, 2.75) is 26.7 Å². The highest BCUT2D eigenvalue weighted by molar-refractivity contribution is 6.39. The molecule has 192 valence electrons. The Hall–Kier alpha value is -4.66. The lowest BCUT2D eigenvalue weighted by molar-refractivity contribution is -0.136. The van der Waals surface area contributed by atoms with Crippen LogP contribution in [0.2, 0.25) is 0 Å². The maximum Gasteiger partial charge on any atom is 0.343 e. The number of anilines is 1. The summed E-state index contributed by atoms with van der Waals surface area (Å²) in [5, 5.41) is 6.30. The summed E-state index contributed by atoms with van der Waals surface area (Å²) in [6.07, 6.45) is 3.33. The summed E-state index contributed by atoms with van der Waals surface area (Å²) in [5.41, 5.74) is 4.61. The molecule has 37 heavy (non-hydrogen) atoms. The van der Waals surface area contributed by atoms with Crippen LogP contribution in [0.3, 0.4) is 0 Å². The van der Waals surface area contributed by atoms with E-state index in [1.165, 1.54) is 13.3 Å². The first-order chi connectivity index (χ1) is 17.9. The predicted octanol–water partition coefficient (Wildman–Crippen LogP) is 4.49. The van der Waals surface area contributed by atoms with Crippen LogP contribution in [0.15, 0.2) is 71.8 Å². The predicted molar refractivity (Wildman–Crippen MR) is 140 cm³/mol. The highest BCUT2D eigenvalue weighted by atomic mass is 16.6. The van der Waals surface area contributed by atoms with Gasteiger partial charge in [-0.15, -0.1) is 0 Å². The largest absolute Gasteiger partial charge is 0.494 e. The molecule has 0 saturated heterocycles. The van der Waals surface area contributed by atoms with Crippen LogP contribution in [0, 0.1) is 6.92 Å². The van der Waals surface area contributed by atoms with Crippen LogP contribution in [0.4, 0.5) is 5.69 Å². The Bertz CT molecular complexity index is 1250. The molecule has 0 heterocycles. The molecule has 3 aromatic carbocycles. The van der Waals surface area contributed by atoms with Crippen molar-refractivity contribution in [1.29, 1.82) is 0 Å². The number of amides is 2. The number of aryl methyl sites for hydroxylation is 1. The maximum absolute atomic E-state index is 12.6. The zero-order valence-corrected chi connectivity index (χ0v) is 20.9. The van der Waals surface area contributed by atoms with Gasteiger partial charge in [-0.25, -0.2) is 10.2 Å². The van der Waals surface area contributed by atoms with Gasteiger partial charge < -0.3 is 19.5 Å². The number of esters is 1. The Labute approximate surface area is 215 Å². The van der Waals surface area contributed by atoms with E-state index in [1.807, 2.05) is 19.1 Å². The number of nitrogens with zero attached hydrogens (tertiary/aromatic N) is 1. The monoisotopic (exact) mass is 503 g/mol. The molecule has 0 unspecified atom stereocenters. The van der Waals surface area contributed by atoms with E-state index in [0.717, 1.165) is 18.4 Å². The molecule has 0 aliphatic carbocycles. The number of nitrogens with one attached hydrogen (secondary N) is 2. The van der Waals surface area contributed by atoms with E-state index < -0.39 is 17.8 Å². The van der Waals surface area contributed by atoms with Crippen LogP contribution in [0.1, 0.15) is 41.3 Å². The molecule has 0 aliphatic heterocycles. The zero-order valence-electron chi connectivity index (χ0n) is 20.9. The number of hydrogen-bond donors (Lipinski definition) is 2. The number of benzene rings is 3. The van der Waals surface area contributed by atoms with Crippen molar-refractivity contribution in [3.63, 3.8) is 0 Å². The summed E-state index contributed by atoms with van der Waals surface area (Å²) in [6.45, 7) is 4.63. The molecule has 0 fully saturated rings. The second kappa shape index (κ2) is 13.4. The summed E-state index contributed by atoms with van der Waals surface area (Å²) in [5.74, 6) is -1.12. The molecule has 9 nitrogen and oxygen atoms in total. The van der Waals surface area contributed by atoms with Gasteiger partial charge in [-0.2, -0.15) is 5.10 Å². The Kier molecular flexibility index (Phi) is 9.78. The van der Waals surface area contributed by atoms with Gasteiger partial charge in [-0.3, -0.25) is 9.59 Å². The standard InChI is InChI=1S/C28H29N3O6/c1-4-5-16-36-23-13-9-21(10-14-23)28(34)37-24-15-8-20(17-25(24)35-3)18-29-31-27(33)26(32)30-22-11-6-19(2)7-12-22/h6-15,17-18H,4-5,16H2,1-3H3,(H,30,32)(H,31,33)/b29-18-. The second-order valence-electron chi connectivity index (χ2n) is 8.05.